The van der Waals surface area contributed by atoms with Gasteiger partial charge in [-0.1, -0.05) is 26.8 Å². The maximum absolute atomic E-state index is 12.4. The number of likely N-dealkylation sites (tertiary alicyclic amines) is 1. The Kier molecular flexibility index (Phi) is 3.49. The van der Waals surface area contributed by atoms with Crippen molar-refractivity contribution in [2.24, 2.45) is 16.7 Å². The fourth-order valence-electron chi connectivity index (χ4n) is 4.01. The Labute approximate surface area is 120 Å². The first-order valence-corrected chi connectivity index (χ1v) is 7.22. The molecule has 1 saturated heterocycles. The lowest BCUT2D eigenvalue weighted by molar-refractivity contribution is -0.140. The molecule has 0 bridgehead atoms. The molecule has 20 heavy (non-hydrogen) atoms. The summed E-state index contributed by atoms with van der Waals surface area (Å²) in [7, 11) is 0. The molecule has 2 unspecified atom stereocenters. The topological polar surface area (TPSA) is 61.2 Å². The minimum absolute atomic E-state index is 0.0506. The van der Waals surface area contributed by atoms with Crippen LogP contribution >= 0.6 is 0 Å². The van der Waals surface area contributed by atoms with Crippen LogP contribution in [0.5, 0.6) is 0 Å². The molecular weight excluding hydrogens is 252 g/mol. The maximum Gasteiger partial charge on any atom is 0.219 e. The second-order valence-electron chi connectivity index (χ2n) is 6.59. The van der Waals surface area contributed by atoms with Gasteiger partial charge in [0.25, 0.3) is 0 Å². The molecule has 1 fully saturated rings. The van der Waals surface area contributed by atoms with Crippen molar-refractivity contribution < 1.29 is 9.59 Å². The minimum Gasteiger partial charge on any atom is -0.342 e. The molecule has 2 aliphatic rings. The highest BCUT2D eigenvalue weighted by Gasteiger charge is 2.54. The first-order chi connectivity index (χ1) is 9.28. The number of amides is 1. The van der Waals surface area contributed by atoms with E-state index in [0.717, 1.165) is 12.8 Å². The summed E-state index contributed by atoms with van der Waals surface area (Å²) in [6, 6.07) is 2.05. The molecule has 1 aliphatic heterocycles. The third-order valence-electron chi connectivity index (χ3n) is 5.22. The van der Waals surface area contributed by atoms with Crippen LogP contribution in [0.2, 0.25) is 0 Å². The van der Waals surface area contributed by atoms with Crippen LogP contribution in [0.15, 0.2) is 11.6 Å². The third kappa shape index (κ3) is 1.96. The highest BCUT2D eigenvalue weighted by atomic mass is 16.2. The van der Waals surface area contributed by atoms with Crippen molar-refractivity contribution in [1.29, 1.82) is 5.26 Å². The molecule has 0 aromatic carbocycles. The molecule has 2 rings (SSSR count). The predicted octanol–water partition coefficient (Wildman–Crippen LogP) is 2.31. The van der Waals surface area contributed by atoms with Crippen LogP contribution in [-0.2, 0) is 9.59 Å². The summed E-state index contributed by atoms with van der Waals surface area (Å²) >= 11 is 0. The van der Waals surface area contributed by atoms with E-state index in [-0.39, 0.29) is 28.6 Å². The molecule has 0 saturated carbocycles. The minimum atomic E-state index is -0.529. The van der Waals surface area contributed by atoms with Gasteiger partial charge in [0.05, 0.1) is 5.57 Å². The summed E-state index contributed by atoms with van der Waals surface area (Å²) in [6.45, 7) is 8.86. The van der Waals surface area contributed by atoms with Crippen molar-refractivity contribution >= 4 is 11.7 Å². The molecule has 108 valence electrons. The van der Waals surface area contributed by atoms with Gasteiger partial charge in [-0.25, -0.2) is 0 Å². The third-order valence-corrected chi connectivity index (χ3v) is 5.22. The summed E-state index contributed by atoms with van der Waals surface area (Å²) in [5.41, 5.74) is -0.510. The van der Waals surface area contributed by atoms with E-state index in [0.29, 0.717) is 13.1 Å². The van der Waals surface area contributed by atoms with Crippen molar-refractivity contribution in [2.45, 2.75) is 40.5 Å². The van der Waals surface area contributed by atoms with Crippen LogP contribution < -0.4 is 0 Å². The number of nitriles is 1. The Morgan fingerprint density at radius 1 is 1.55 bits per heavy atom. The summed E-state index contributed by atoms with van der Waals surface area (Å²) < 4.78 is 0. The Morgan fingerprint density at radius 2 is 2.20 bits per heavy atom. The molecule has 0 aromatic rings. The largest absolute Gasteiger partial charge is 0.342 e. The molecule has 2 atom stereocenters. The van der Waals surface area contributed by atoms with E-state index < -0.39 is 5.41 Å². The molecular formula is C16H22N2O2. The highest BCUT2D eigenvalue weighted by Crippen LogP contribution is 2.53. The first-order valence-electron chi connectivity index (χ1n) is 7.22. The molecule has 1 heterocycles. The Balaban J connectivity index is 2.53. The predicted molar refractivity (Wildman–Crippen MR) is 75.6 cm³/mol. The lowest BCUT2D eigenvalue weighted by Crippen LogP contribution is -2.57. The number of carbonyl (C=O) groups excluding carboxylic acids is 2. The molecule has 0 aromatic heterocycles. The number of fused-ring (bicyclic) bond motifs is 1. The summed E-state index contributed by atoms with van der Waals surface area (Å²) in [5, 5.41) is 9.25. The number of Topliss-reactive ketones (excluding diaryl/α,β-unsaturated/α-hetero) is 1. The fraction of sp³-hybridized carbons (Fsp3) is 0.688. The molecule has 0 N–H and O–H groups in total. The maximum atomic E-state index is 12.4. The van der Waals surface area contributed by atoms with E-state index in [4.69, 9.17) is 0 Å². The van der Waals surface area contributed by atoms with Gasteiger partial charge < -0.3 is 4.90 Å². The lowest BCUT2D eigenvalue weighted by Gasteiger charge is -2.54. The standard InChI is InChI=1S/C16H22N2O2/c1-5-16-8-12(9-17)14(20)15(3,4)13(16)6-7-18(10-16)11(2)19/h8,13H,5-7,10H2,1-4H3. The van der Waals surface area contributed by atoms with Gasteiger partial charge in [-0.15, -0.1) is 0 Å². The van der Waals surface area contributed by atoms with Gasteiger partial charge >= 0.3 is 0 Å². The summed E-state index contributed by atoms with van der Waals surface area (Å²) in [6.07, 6.45) is 3.51. The highest BCUT2D eigenvalue weighted by molar-refractivity contribution is 6.04. The average Bonchev–Trinajstić information content (AvgIpc) is 2.42. The van der Waals surface area contributed by atoms with Gasteiger partial charge in [-0.2, -0.15) is 5.26 Å². The Hall–Kier alpha value is -1.63. The number of hydrogen-bond donors (Lipinski definition) is 0. The first kappa shape index (κ1) is 14.8. The number of nitrogens with zero attached hydrogens (tertiary/aromatic N) is 2. The number of allylic oxidation sites excluding steroid dienone is 1. The van der Waals surface area contributed by atoms with Crippen LogP contribution in [0.3, 0.4) is 0 Å². The average molecular weight is 274 g/mol. The Bertz CT molecular complexity index is 527. The molecule has 1 amide bonds. The van der Waals surface area contributed by atoms with Gasteiger partial charge in [0, 0.05) is 30.8 Å². The summed E-state index contributed by atoms with van der Waals surface area (Å²) in [4.78, 5) is 26.0. The number of piperidine rings is 1. The van der Waals surface area contributed by atoms with Crippen molar-refractivity contribution in [2.75, 3.05) is 13.1 Å². The smallest absolute Gasteiger partial charge is 0.219 e. The van der Waals surface area contributed by atoms with E-state index in [9.17, 15) is 14.9 Å². The molecule has 1 aliphatic carbocycles. The number of rotatable bonds is 1. The van der Waals surface area contributed by atoms with E-state index in [1.165, 1.54) is 0 Å². The summed E-state index contributed by atoms with van der Waals surface area (Å²) in [5.74, 6) is 0.212. The quantitative estimate of drug-likeness (QED) is 0.737. The zero-order valence-corrected chi connectivity index (χ0v) is 12.7. The fourth-order valence-corrected chi connectivity index (χ4v) is 4.01. The van der Waals surface area contributed by atoms with E-state index in [1.54, 1.807) is 6.92 Å². The van der Waals surface area contributed by atoms with Gasteiger partial charge in [-0.05, 0) is 18.8 Å². The second kappa shape index (κ2) is 4.73. The normalized spacial score (nSPS) is 32.1. The number of ketones is 1. The van der Waals surface area contributed by atoms with Crippen molar-refractivity contribution in [3.05, 3.63) is 11.6 Å². The second-order valence-corrected chi connectivity index (χ2v) is 6.59. The zero-order chi connectivity index (χ0) is 15.1. The molecule has 0 radical (unpaired) electrons. The van der Waals surface area contributed by atoms with Crippen molar-refractivity contribution in [3.8, 4) is 6.07 Å². The number of carbonyl (C=O) groups is 2. The molecule has 0 spiro atoms. The van der Waals surface area contributed by atoms with Gasteiger partial charge in [-0.3, -0.25) is 9.59 Å². The van der Waals surface area contributed by atoms with Crippen molar-refractivity contribution in [3.63, 3.8) is 0 Å². The van der Waals surface area contributed by atoms with Gasteiger partial charge in [0.2, 0.25) is 5.91 Å². The SMILES string of the molecule is CCC12C=C(C#N)C(=O)C(C)(C)C1CCN(C(C)=O)C2. The molecule has 4 heteroatoms. The number of hydrogen-bond acceptors (Lipinski definition) is 3. The van der Waals surface area contributed by atoms with Crippen LogP contribution in [0.4, 0.5) is 0 Å². The van der Waals surface area contributed by atoms with E-state index in [1.807, 2.05) is 24.8 Å². The van der Waals surface area contributed by atoms with Crippen LogP contribution in [0.25, 0.3) is 0 Å². The monoisotopic (exact) mass is 274 g/mol. The van der Waals surface area contributed by atoms with E-state index in [2.05, 4.69) is 13.0 Å². The van der Waals surface area contributed by atoms with Gasteiger partial charge in [0.1, 0.15) is 6.07 Å². The lowest BCUT2D eigenvalue weighted by atomic mass is 9.53. The van der Waals surface area contributed by atoms with Gasteiger partial charge in [0.15, 0.2) is 5.78 Å². The zero-order valence-electron chi connectivity index (χ0n) is 12.7. The van der Waals surface area contributed by atoms with E-state index >= 15 is 0 Å². The Morgan fingerprint density at radius 3 is 2.70 bits per heavy atom. The van der Waals surface area contributed by atoms with Crippen LogP contribution in [-0.4, -0.2) is 29.7 Å². The van der Waals surface area contributed by atoms with Crippen LogP contribution in [0, 0.1) is 28.1 Å². The van der Waals surface area contributed by atoms with Crippen molar-refractivity contribution in [1.82, 2.24) is 4.90 Å². The van der Waals surface area contributed by atoms with Crippen LogP contribution in [0.1, 0.15) is 40.5 Å². The molecule has 4 nitrogen and oxygen atoms in total.